The number of urea groups is 1. The van der Waals surface area contributed by atoms with Gasteiger partial charge in [-0.3, -0.25) is 4.79 Å². The van der Waals surface area contributed by atoms with Crippen molar-refractivity contribution in [3.8, 4) is 0 Å². The van der Waals surface area contributed by atoms with Crippen LogP contribution < -0.4 is 10.6 Å². The van der Waals surface area contributed by atoms with Gasteiger partial charge < -0.3 is 15.5 Å². The van der Waals surface area contributed by atoms with Crippen LogP contribution in [0.4, 0.5) is 20.6 Å². The van der Waals surface area contributed by atoms with E-state index >= 15 is 0 Å². The van der Waals surface area contributed by atoms with Crippen LogP contribution in [0.1, 0.15) is 23.2 Å². The van der Waals surface area contributed by atoms with E-state index < -0.39 is 5.82 Å². The number of thiophene rings is 1. The number of halogens is 1. The predicted octanol–water partition coefficient (Wildman–Crippen LogP) is 3.77. The summed E-state index contributed by atoms with van der Waals surface area (Å²) >= 11 is 1.39. The standard InChI is InChI=1S/C16H16FN3O2S/c17-13-4-3-12(18-16(22)20-6-1-2-7-20)9-14(13)19-15(21)11-5-8-23-10-11/h3-5,8-10H,1-2,6-7H2,(H,18,22)(H,19,21). The van der Waals surface area contributed by atoms with Gasteiger partial charge in [-0.25, -0.2) is 9.18 Å². The molecule has 0 aliphatic carbocycles. The zero-order valence-electron chi connectivity index (χ0n) is 12.3. The van der Waals surface area contributed by atoms with Crippen LogP contribution in [0.5, 0.6) is 0 Å². The van der Waals surface area contributed by atoms with E-state index in [-0.39, 0.29) is 17.6 Å². The van der Waals surface area contributed by atoms with E-state index in [0.29, 0.717) is 11.3 Å². The molecule has 2 N–H and O–H groups in total. The Labute approximate surface area is 137 Å². The average Bonchev–Trinajstić information content (AvgIpc) is 3.23. The van der Waals surface area contributed by atoms with E-state index in [1.807, 2.05) is 0 Å². The number of likely N-dealkylation sites (tertiary alicyclic amines) is 1. The van der Waals surface area contributed by atoms with Crippen molar-refractivity contribution in [3.63, 3.8) is 0 Å². The minimum absolute atomic E-state index is 0.0421. The van der Waals surface area contributed by atoms with E-state index in [0.717, 1.165) is 25.9 Å². The molecule has 1 aliphatic heterocycles. The first-order chi connectivity index (χ1) is 11.1. The van der Waals surface area contributed by atoms with Crippen LogP contribution in [0, 0.1) is 5.82 Å². The van der Waals surface area contributed by atoms with Crippen molar-refractivity contribution in [2.75, 3.05) is 23.7 Å². The molecule has 2 heterocycles. The molecular formula is C16H16FN3O2S. The van der Waals surface area contributed by atoms with E-state index in [9.17, 15) is 14.0 Å². The van der Waals surface area contributed by atoms with Gasteiger partial charge >= 0.3 is 6.03 Å². The number of nitrogens with one attached hydrogen (secondary N) is 2. The summed E-state index contributed by atoms with van der Waals surface area (Å²) in [7, 11) is 0. The van der Waals surface area contributed by atoms with Gasteiger partial charge in [-0.2, -0.15) is 11.3 Å². The largest absolute Gasteiger partial charge is 0.325 e. The zero-order valence-corrected chi connectivity index (χ0v) is 13.2. The van der Waals surface area contributed by atoms with Crippen molar-refractivity contribution in [1.29, 1.82) is 0 Å². The fraction of sp³-hybridized carbons (Fsp3) is 0.250. The first-order valence-corrected chi connectivity index (χ1v) is 8.27. The smallest absolute Gasteiger partial charge is 0.321 e. The van der Waals surface area contributed by atoms with Gasteiger partial charge in [0.1, 0.15) is 5.82 Å². The number of benzene rings is 1. The molecule has 120 valence electrons. The highest BCUT2D eigenvalue weighted by atomic mass is 32.1. The van der Waals surface area contributed by atoms with Gasteiger partial charge in [0.25, 0.3) is 5.91 Å². The van der Waals surface area contributed by atoms with Crippen LogP contribution in [-0.4, -0.2) is 29.9 Å². The molecule has 0 spiro atoms. The van der Waals surface area contributed by atoms with Crippen LogP contribution in [0.3, 0.4) is 0 Å². The Hall–Kier alpha value is -2.41. The molecule has 2 aromatic rings. The predicted molar refractivity (Wildman–Crippen MR) is 88.5 cm³/mol. The summed E-state index contributed by atoms with van der Waals surface area (Å²) in [5.74, 6) is -0.930. The minimum atomic E-state index is -0.548. The second-order valence-electron chi connectivity index (χ2n) is 5.29. The molecule has 1 aliphatic rings. The molecule has 1 fully saturated rings. The Balaban J connectivity index is 1.71. The molecule has 0 saturated carbocycles. The van der Waals surface area contributed by atoms with Crippen LogP contribution in [-0.2, 0) is 0 Å². The third-order valence-corrected chi connectivity index (χ3v) is 4.33. The second kappa shape index (κ2) is 6.78. The number of nitrogens with zero attached hydrogens (tertiary/aromatic N) is 1. The number of anilines is 2. The van der Waals surface area contributed by atoms with Gasteiger partial charge in [-0.15, -0.1) is 0 Å². The maximum absolute atomic E-state index is 13.9. The molecule has 7 heteroatoms. The summed E-state index contributed by atoms with van der Waals surface area (Å²) < 4.78 is 13.9. The molecule has 23 heavy (non-hydrogen) atoms. The van der Waals surface area contributed by atoms with Gasteiger partial charge in [0.05, 0.1) is 11.3 Å². The molecule has 1 saturated heterocycles. The summed E-state index contributed by atoms with van der Waals surface area (Å²) in [6.45, 7) is 1.46. The van der Waals surface area contributed by atoms with Crippen molar-refractivity contribution in [3.05, 3.63) is 46.4 Å². The highest BCUT2D eigenvalue weighted by molar-refractivity contribution is 7.08. The molecular weight excluding hydrogens is 317 g/mol. The monoisotopic (exact) mass is 333 g/mol. The van der Waals surface area contributed by atoms with E-state index in [1.54, 1.807) is 21.7 Å². The van der Waals surface area contributed by atoms with Crippen LogP contribution in [0.2, 0.25) is 0 Å². The number of amides is 3. The average molecular weight is 333 g/mol. The van der Waals surface area contributed by atoms with E-state index in [4.69, 9.17) is 0 Å². The SMILES string of the molecule is O=C(Nc1cc(NC(=O)N2CCCC2)ccc1F)c1ccsc1. The van der Waals surface area contributed by atoms with Crippen molar-refractivity contribution in [1.82, 2.24) is 4.90 Å². The van der Waals surface area contributed by atoms with Crippen molar-refractivity contribution < 1.29 is 14.0 Å². The number of carbonyl (C=O) groups is 2. The summed E-state index contributed by atoms with van der Waals surface area (Å²) in [5, 5.41) is 8.72. The third kappa shape index (κ3) is 3.68. The van der Waals surface area contributed by atoms with Crippen LogP contribution in [0.25, 0.3) is 0 Å². The van der Waals surface area contributed by atoms with Gasteiger partial charge in [-0.1, -0.05) is 0 Å². The first kappa shape index (κ1) is 15.5. The maximum atomic E-state index is 13.9. The Morgan fingerprint density at radius 3 is 2.61 bits per heavy atom. The Morgan fingerprint density at radius 2 is 1.91 bits per heavy atom. The lowest BCUT2D eigenvalue weighted by Gasteiger charge is -2.16. The number of hydrogen-bond donors (Lipinski definition) is 2. The second-order valence-corrected chi connectivity index (χ2v) is 6.07. The number of rotatable bonds is 3. The summed E-state index contributed by atoms with van der Waals surface area (Å²) in [5.41, 5.74) is 0.963. The lowest BCUT2D eigenvalue weighted by Crippen LogP contribution is -2.32. The number of hydrogen-bond acceptors (Lipinski definition) is 3. The lowest BCUT2D eigenvalue weighted by atomic mass is 10.2. The Bertz CT molecular complexity index is 712. The molecule has 1 aromatic carbocycles. The van der Waals surface area contributed by atoms with Gasteiger partial charge in [0.2, 0.25) is 0 Å². The minimum Gasteiger partial charge on any atom is -0.325 e. The molecule has 5 nitrogen and oxygen atoms in total. The molecule has 3 amide bonds. The third-order valence-electron chi connectivity index (χ3n) is 3.64. The molecule has 3 rings (SSSR count). The van der Waals surface area contributed by atoms with Gasteiger partial charge in [0, 0.05) is 24.2 Å². The maximum Gasteiger partial charge on any atom is 0.321 e. The summed E-state index contributed by atoms with van der Waals surface area (Å²) in [4.78, 5) is 25.8. The summed E-state index contributed by atoms with van der Waals surface area (Å²) in [6.07, 6.45) is 2.00. The lowest BCUT2D eigenvalue weighted by molar-refractivity contribution is 0.102. The molecule has 0 unspecified atom stereocenters. The molecule has 0 bridgehead atoms. The first-order valence-electron chi connectivity index (χ1n) is 7.32. The fourth-order valence-corrected chi connectivity index (χ4v) is 3.05. The Kier molecular flexibility index (Phi) is 4.57. The summed E-state index contributed by atoms with van der Waals surface area (Å²) in [6, 6.07) is 5.58. The highest BCUT2D eigenvalue weighted by Gasteiger charge is 2.18. The van der Waals surface area contributed by atoms with Crippen molar-refractivity contribution in [2.24, 2.45) is 0 Å². The zero-order chi connectivity index (χ0) is 16.2. The van der Waals surface area contributed by atoms with E-state index in [2.05, 4.69) is 10.6 Å². The normalized spacial score (nSPS) is 13.9. The quantitative estimate of drug-likeness (QED) is 0.898. The highest BCUT2D eigenvalue weighted by Crippen LogP contribution is 2.21. The van der Waals surface area contributed by atoms with Crippen LogP contribution in [0.15, 0.2) is 35.0 Å². The van der Waals surface area contributed by atoms with Crippen molar-refractivity contribution >= 4 is 34.6 Å². The van der Waals surface area contributed by atoms with Crippen LogP contribution >= 0.6 is 11.3 Å². The van der Waals surface area contributed by atoms with Gasteiger partial charge in [-0.05, 0) is 42.5 Å². The van der Waals surface area contributed by atoms with E-state index in [1.165, 1.54) is 29.5 Å². The molecule has 1 aromatic heterocycles. The van der Waals surface area contributed by atoms with Crippen molar-refractivity contribution in [2.45, 2.75) is 12.8 Å². The molecule has 0 atom stereocenters. The Morgan fingerprint density at radius 1 is 1.13 bits per heavy atom. The fourth-order valence-electron chi connectivity index (χ4n) is 2.41. The van der Waals surface area contributed by atoms with Gasteiger partial charge in [0.15, 0.2) is 0 Å². The molecule has 0 radical (unpaired) electrons. The number of carbonyl (C=O) groups excluding carboxylic acids is 2. The topological polar surface area (TPSA) is 61.4 Å².